The number of aromatic nitrogens is 2. The van der Waals surface area contributed by atoms with Gasteiger partial charge in [-0.25, -0.2) is 20.0 Å². The zero-order chi connectivity index (χ0) is 22.8. The number of carbonyl (C=O) groups excluding carboxylic acids is 2. The van der Waals surface area contributed by atoms with Gasteiger partial charge in [0.15, 0.2) is 0 Å². The molecule has 9 nitrogen and oxygen atoms in total. The summed E-state index contributed by atoms with van der Waals surface area (Å²) >= 11 is 0. The summed E-state index contributed by atoms with van der Waals surface area (Å²) in [6.45, 7) is 11.3. The maximum absolute atomic E-state index is 12.8. The van der Waals surface area contributed by atoms with Crippen LogP contribution in [0, 0.1) is 0 Å². The first-order chi connectivity index (χ1) is 14.4. The fourth-order valence-electron chi connectivity index (χ4n) is 3.22. The van der Waals surface area contributed by atoms with Crippen molar-refractivity contribution in [3.63, 3.8) is 0 Å². The van der Waals surface area contributed by atoms with E-state index in [2.05, 4.69) is 15.4 Å². The number of hydrazine groups is 1. The number of rotatable bonds is 3. The SMILES string of the molecule is CC(C)(C)OC(=O)NN(C(=O)OC(C)(C)C)c1ccc2nc(CC3CCCO3)[nH]c2c1. The standard InChI is InChI=1S/C22H32N4O5/c1-21(2,3)30-19(27)25-26(20(28)31-22(4,5)6)14-9-10-16-17(12-14)24-18(23-16)13-15-8-7-11-29-15/h9-10,12,15H,7-8,11,13H2,1-6H3,(H,23,24)(H,25,27). The first kappa shape index (κ1) is 22.9. The predicted molar refractivity (Wildman–Crippen MR) is 117 cm³/mol. The first-order valence-corrected chi connectivity index (χ1v) is 10.5. The molecular formula is C22H32N4O5. The summed E-state index contributed by atoms with van der Waals surface area (Å²) in [4.78, 5) is 33.1. The van der Waals surface area contributed by atoms with Crippen molar-refractivity contribution in [2.75, 3.05) is 11.6 Å². The Balaban J connectivity index is 1.85. The number of benzene rings is 1. The van der Waals surface area contributed by atoms with E-state index in [-0.39, 0.29) is 6.10 Å². The molecule has 31 heavy (non-hydrogen) atoms. The van der Waals surface area contributed by atoms with Gasteiger partial charge in [-0.15, -0.1) is 0 Å². The number of hydrogen-bond donors (Lipinski definition) is 2. The van der Waals surface area contributed by atoms with E-state index in [1.165, 1.54) is 0 Å². The van der Waals surface area contributed by atoms with E-state index >= 15 is 0 Å². The molecule has 170 valence electrons. The lowest BCUT2D eigenvalue weighted by molar-refractivity contribution is 0.0425. The molecule has 0 aliphatic carbocycles. The highest BCUT2D eigenvalue weighted by atomic mass is 16.6. The molecule has 0 bridgehead atoms. The summed E-state index contributed by atoms with van der Waals surface area (Å²) < 4.78 is 16.5. The molecule has 0 radical (unpaired) electrons. The van der Waals surface area contributed by atoms with Crippen LogP contribution in [0.5, 0.6) is 0 Å². The minimum Gasteiger partial charge on any atom is -0.443 e. The van der Waals surface area contributed by atoms with Gasteiger partial charge in [0.1, 0.15) is 17.0 Å². The van der Waals surface area contributed by atoms with Crippen LogP contribution in [0.4, 0.5) is 15.3 Å². The number of nitrogens with one attached hydrogen (secondary N) is 2. The lowest BCUT2D eigenvalue weighted by atomic mass is 10.2. The minimum absolute atomic E-state index is 0.173. The number of imidazole rings is 1. The van der Waals surface area contributed by atoms with Crippen molar-refractivity contribution < 1.29 is 23.8 Å². The molecule has 0 saturated carbocycles. The number of hydrogen-bond acceptors (Lipinski definition) is 6. The first-order valence-electron chi connectivity index (χ1n) is 10.5. The fourth-order valence-corrected chi connectivity index (χ4v) is 3.22. The van der Waals surface area contributed by atoms with Gasteiger partial charge in [0, 0.05) is 13.0 Å². The van der Waals surface area contributed by atoms with Crippen LogP contribution in [-0.2, 0) is 20.6 Å². The molecular weight excluding hydrogens is 400 g/mol. The summed E-state index contributed by atoms with van der Waals surface area (Å²) in [6.07, 6.45) is 1.48. The monoisotopic (exact) mass is 432 g/mol. The molecule has 3 rings (SSSR count). The number of carbonyl (C=O) groups is 2. The maximum atomic E-state index is 12.8. The zero-order valence-electron chi connectivity index (χ0n) is 19.1. The van der Waals surface area contributed by atoms with Gasteiger partial charge in [0.05, 0.1) is 22.8 Å². The van der Waals surface area contributed by atoms with Crippen molar-refractivity contribution in [2.45, 2.75) is 78.1 Å². The van der Waals surface area contributed by atoms with Gasteiger partial charge in [-0.1, -0.05) is 0 Å². The number of ether oxygens (including phenoxy) is 3. The maximum Gasteiger partial charge on any atom is 0.434 e. The molecule has 1 aliphatic rings. The van der Waals surface area contributed by atoms with Gasteiger partial charge in [-0.3, -0.25) is 0 Å². The number of anilines is 1. The van der Waals surface area contributed by atoms with Crippen LogP contribution in [-0.4, -0.2) is 46.1 Å². The van der Waals surface area contributed by atoms with E-state index in [9.17, 15) is 9.59 Å². The molecule has 1 aromatic heterocycles. The van der Waals surface area contributed by atoms with Crippen LogP contribution >= 0.6 is 0 Å². The summed E-state index contributed by atoms with van der Waals surface area (Å²) in [5.41, 5.74) is 2.95. The Bertz CT molecular complexity index is 936. The van der Waals surface area contributed by atoms with E-state index < -0.39 is 23.4 Å². The van der Waals surface area contributed by atoms with Crippen LogP contribution in [0.25, 0.3) is 11.0 Å². The molecule has 9 heteroatoms. The summed E-state index contributed by atoms with van der Waals surface area (Å²) in [7, 11) is 0. The van der Waals surface area contributed by atoms with E-state index in [1.54, 1.807) is 59.7 Å². The molecule has 1 aromatic carbocycles. The van der Waals surface area contributed by atoms with Gasteiger partial charge in [0.2, 0.25) is 0 Å². The van der Waals surface area contributed by atoms with Gasteiger partial charge >= 0.3 is 12.2 Å². The molecule has 1 unspecified atom stereocenters. The Morgan fingerprint density at radius 2 is 1.90 bits per heavy atom. The average molecular weight is 433 g/mol. The van der Waals surface area contributed by atoms with Crippen molar-refractivity contribution in [1.29, 1.82) is 0 Å². The molecule has 0 spiro atoms. The topological polar surface area (TPSA) is 106 Å². The molecule has 2 amide bonds. The van der Waals surface area contributed by atoms with Crippen molar-refractivity contribution in [1.82, 2.24) is 15.4 Å². The van der Waals surface area contributed by atoms with Crippen LogP contribution in [0.2, 0.25) is 0 Å². The predicted octanol–water partition coefficient (Wildman–Crippen LogP) is 4.47. The molecule has 2 N–H and O–H groups in total. The molecule has 1 aliphatic heterocycles. The minimum atomic E-state index is -0.762. The highest BCUT2D eigenvalue weighted by Crippen LogP contribution is 2.24. The molecule has 1 fully saturated rings. The number of H-pyrrole nitrogens is 1. The van der Waals surface area contributed by atoms with Crippen molar-refractivity contribution >= 4 is 28.9 Å². The largest absolute Gasteiger partial charge is 0.443 e. The second-order valence-corrected chi connectivity index (χ2v) is 9.65. The summed E-state index contributed by atoms with van der Waals surface area (Å²) in [5, 5.41) is 1.04. The normalized spacial score (nSPS) is 16.9. The quantitative estimate of drug-likeness (QED) is 0.694. The van der Waals surface area contributed by atoms with Crippen molar-refractivity contribution in [3.05, 3.63) is 24.0 Å². The van der Waals surface area contributed by atoms with E-state index in [4.69, 9.17) is 14.2 Å². The average Bonchev–Trinajstić information content (AvgIpc) is 3.25. The third kappa shape index (κ3) is 6.58. The summed E-state index contributed by atoms with van der Waals surface area (Å²) in [6, 6.07) is 5.22. The van der Waals surface area contributed by atoms with Crippen molar-refractivity contribution in [2.24, 2.45) is 0 Å². The Morgan fingerprint density at radius 3 is 2.52 bits per heavy atom. The Kier molecular flexibility index (Phi) is 6.45. The van der Waals surface area contributed by atoms with Gasteiger partial charge < -0.3 is 19.2 Å². The number of fused-ring (bicyclic) bond motifs is 1. The van der Waals surface area contributed by atoms with Crippen LogP contribution in [0.3, 0.4) is 0 Å². The highest BCUT2D eigenvalue weighted by molar-refractivity contribution is 5.93. The smallest absolute Gasteiger partial charge is 0.434 e. The Morgan fingerprint density at radius 1 is 1.19 bits per heavy atom. The van der Waals surface area contributed by atoms with E-state index in [0.29, 0.717) is 12.1 Å². The van der Waals surface area contributed by atoms with E-state index in [1.807, 2.05) is 0 Å². The molecule has 2 aromatic rings. The second-order valence-electron chi connectivity index (χ2n) is 9.65. The number of nitrogens with zero attached hydrogens (tertiary/aromatic N) is 2. The zero-order valence-corrected chi connectivity index (χ0v) is 19.1. The van der Waals surface area contributed by atoms with Gasteiger partial charge in [-0.05, 0) is 72.6 Å². The fraction of sp³-hybridized carbons (Fsp3) is 0.591. The summed E-state index contributed by atoms with van der Waals surface area (Å²) in [5.74, 6) is 0.822. The Labute approximate surface area is 182 Å². The third-order valence-corrected chi connectivity index (χ3v) is 4.40. The van der Waals surface area contributed by atoms with E-state index in [0.717, 1.165) is 41.3 Å². The molecule has 1 atom stereocenters. The lowest BCUT2D eigenvalue weighted by Gasteiger charge is -2.28. The van der Waals surface area contributed by atoms with Gasteiger partial charge in [0.25, 0.3) is 0 Å². The Hall–Kier alpha value is -2.81. The third-order valence-electron chi connectivity index (χ3n) is 4.40. The van der Waals surface area contributed by atoms with Crippen LogP contribution in [0.15, 0.2) is 18.2 Å². The van der Waals surface area contributed by atoms with Gasteiger partial charge in [-0.2, -0.15) is 5.01 Å². The van der Waals surface area contributed by atoms with Crippen LogP contribution < -0.4 is 10.4 Å². The second kappa shape index (κ2) is 8.74. The van der Waals surface area contributed by atoms with Crippen molar-refractivity contribution in [3.8, 4) is 0 Å². The molecule has 1 saturated heterocycles. The van der Waals surface area contributed by atoms with Crippen LogP contribution in [0.1, 0.15) is 60.2 Å². The lowest BCUT2D eigenvalue weighted by Crippen LogP contribution is -2.50. The molecule has 2 heterocycles. The number of aromatic amines is 1. The highest BCUT2D eigenvalue weighted by Gasteiger charge is 2.28. The number of amides is 2.